The molecule has 0 radical (unpaired) electrons. The van der Waals surface area contributed by atoms with Crippen LogP contribution in [0.15, 0.2) is 29.8 Å². The minimum atomic E-state index is -0.912. The van der Waals surface area contributed by atoms with Gasteiger partial charge in [-0.3, -0.25) is 4.79 Å². The standard InChI is InChI=1S/C16H20N2O3/c1-2-12(14(19)20)10-11-4-6-13(7-5-11)18-15(21)16(17)8-3-9-16/h4-7,10H,2-3,8-9,17H2,1H3,(H,18,21)(H,19,20)/b12-10+. The van der Waals surface area contributed by atoms with Crippen LogP contribution in [0.2, 0.25) is 0 Å². The largest absolute Gasteiger partial charge is 0.478 e. The average molecular weight is 288 g/mol. The van der Waals surface area contributed by atoms with Crippen LogP contribution in [0.3, 0.4) is 0 Å². The maximum Gasteiger partial charge on any atom is 0.331 e. The quantitative estimate of drug-likeness (QED) is 0.725. The summed E-state index contributed by atoms with van der Waals surface area (Å²) in [6.07, 6.45) is 4.52. The van der Waals surface area contributed by atoms with E-state index in [2.05, 4.69) is 5.32 Å². The molecule has 0 heterocycles. The van der Waals surface area contributed by atoms with Crippen molar-refractivity contribution in [2.45, 2.75) is 38.1 Å². The Morgan fingerprint density at radius 3 is 2.38 bits per heavy atom. The fraction of sp³-hybridized carbons (Fsp3) is 0.375. The summed E-state index contributed by atoms with van der Waals surface area (Å²) in [5, 5.41) is 11.8. The van der Waals surface area contributed by atoms with E-state index in [1.807, 2.05) is 0 Å². The monoisotopic (exact) mass is 288 g/mol. The number of aliphatic carboxylic acids is 1. The van der Waals surface area contributed by atoms with Crippen molar-refractivity contribution >= 4 is 23.6 Å². The van der Waals surface area contributed by atoms with Crippen molar-refractivity contribution in [2.75, 3.05) is 5.32 Å². The van der Waals surface area contributed by atoms with E-state index in [1.54, 1.807) is 37.3 Å². The number of benzene rings is 1. The SMILES string of the molecule is CC/C(=C\c1ccc(NC(=O)C2(N)CCC2)cc1)C(=O)O. The Morgan fingerprint density at radius 1 is 1.33 bits per heavy atom. The normalized spacial score (nSPS) is 17.0. The van der Waals surface area contributed by atoms with Gasteiger partial charge in [0.25, 0.3) is 0 Å². The Labute approximate surface area is 123 Å². The molecule has 1 saturated carbocycles. The molecule has 1 aromatic rings. The number of carbonyl (C=O) groups is 2. The third-order valence-corrected chi connectivity index (χ3v) is 3.86. The number of amides is 1. The first-order valence-corrected chi connectivity index (χ1v) is 7.09. The number of nitrogens with two attached hydrogens (primary N) is 1. The summed E-state index contributed by atoms with van der Waals surface area (Å²) in [7, 11) is 0. The molecule has 0 unspecified atom stereocenters. The van der Waals surface area contributed by atoms with Crippen molar-refractivity contribution in [2.24, 2.45) is 5.73 Å². The molecular formula is C16H20N2O3. The van der Waals surface area contributed by atoms with Crippen molar-refractivity contribution in [1.29, 1.82) is 0 Å². The van der Waals surface area contributed by atoms with Crippen LogP contribution < -0.4 is 11.1 Å². The van der Waals surface area contributed by atoms with Gasteiger partial charge in [-0.1, -0.05) is 19.1 Å². The summed E-state index contributed by atoms with van der Waals surface area (Å²) in [5.74, 6) is -1.07. The van der Waals surface area contributed by atoms with Crippen molar-refractivity contribution < 1.29 is 14.7 Å². The Balaban J connectivity index is 2.05. The maximum atomic E-state index is 12.0. The second-order valence-corrected chi connectivity index (χ2v) is 5.41. The van der Waals surface area contributed by atoms with Crippen LogP contribution in [-0.2, 0) is 9.59 Å². The van der Waals surface area contributed by atoms with Gasteiger partial charge in [0, 0.05) is 11.3 Å². The van der Waals surface area contributed by atoms with Crippen LogP contribution in [0.4, 0.5) is 5.69 Å². The molecule has 112 valence electrons. The highest BCUT2D eigenvalue weighted by Crippen LogP contribution is 2.30. The predicted molar refractivity (Wildman–Crippen MR) is 81.7 cm³/mol. The zero-order valence-electron chi connectivity index (χ0n) is 12.1. The first-order chi connectivity index (χ1) is 9.94. The van der Waals surface area contributed by atoms with Gasteiger partial charge >= 0.3 is 5.97 Å². The lowest BCUT2D eigenvalue weighted by Crippen LogP contribution is -2.56. The van der Waals surface area contributed by atoms with Crippen molar-refractivity contribution in [3.63, 3.8) is 0 Å². The highest BCUT2D eigenvalue weighted by Gasteiger charge is 2.40. The molecule has 0 aromatic heterocycles. The van der Waals surface area contributed by atoms with E-state index < -0.39 is 11.5 Å². The van der Waals surface area contributed by atoms with E-state index in [-0.39, 0.29) is 5.91 Å². The molecule has 0 atom stereocenters. The lowest BCUT2D eigenvalue weighted by molar-refractivity contribution is -0.132. The summed E-state index contributed by atoms with van der Waals surface area (Å²) in [5.41, 5.74) is 7.04. The lowest BCUT2D eigenvalue weighted by Gasteiger charge is -2.36. The third kappa shape index (κ3) is 3.49. The van der Waals surface area contributed by atoms with Gasteiger partial charge in [0.05, 0.1) is 5.54 Å². The molecule has 5 nitrogen and oxygen atoms in total. The molecule has 1 aliphatic rings. The van der Waals surface area contributed by atoms with Gasteiger partial charge < -0.3 is 16.2 Å². The van der Waals surface area contributed by atoms with E-state index in [0.717, 1.165) is 24.8 Å². The van der Waals surface area contributed by atoms with Crippen LogP contribution in [0.1, 0.15) is 38.2 Å². The second kappa shape index (κ2) is 6.10. The highest BCUT2D eigenvalue weighted by molar-refractivity contribution is 5.98. The summed E-state index contributed by atoms with van der Waals surface area (Å²) in [6, 6.07) is 7.05. The number of carboxylic acid groups (broad SMARTS) is 1. The molecule has 4 N–H and O–H groups in total. The topological polar surface area (TPSA) is 92.4 Å². The minimum Gasteiger partial charge on any atom is -0.478 e. The molecule has 1 aromatic carbocycles. The molecule has 1 amide bonds. The number of rotatable bonds is 5. The first-order valence-electron chi connectivity index (χ1n) is 7.09. The van der Waals surface area contributed by atoms with Crippen molar-refractivity contribution in [3.05, 3.63) is 35.4 Å². The van der Waals surface area contributed by atoms with Crippen molar-refractivity contribution in [1.82, 2.24) is 0 Å². The van der Waals surface area contributed by atoms with Gasteiger partial charge in [0.1, 0.15) is 0 Å². The van der Waals surface area contributed by atoms with Gasteiger partial charge in [-0.25, -0.2) is 4.79 Å². The molecule has 1 aliphatic carbocycles. The summed E-state index contributed by atoms with van der Waals surface area (Å²) < 4.78 is 0. The Hall–Kier alpha value is -2.14. The van der Waals surface area contributed by atoms with E-state index in [9.17, 15) is 9.59 Å². The molecule has 5 heteroatoms. The maximum absolute atomic E-state index is 12.0. The van der Waals surface area contributed by atoms with Crippen LogP contribution >= 0.6 is 0 Å². The Morgan fingerprint density at radius 2 is 1.95 bits per heavy atom. The smallest absolute Gasteiger partial charge is 0.331 e. The summed E-state index contributed by atoms with van der Waals surface area (Å²) in [4.78, 5) is 22.9. The predicted octanol–water partition coefficient (Wildman–Crippen LogP) is 2.38. The molecule has 0 saturated heterocycles. The van der Waals surface area contributed by atoms with E-state index in [0.29, 0.717) is 17.7 Å². The van der Waals surface area contributed by atoms with Gasteiger partial charge in [0.15, 0.2) is 0 Å². The third-order valence-electron chi connectivity index (χ3n) is 3.86. The van der Waals surface area contributed by atoms with E-state index in [1.165, 1.54) is 0 Å². The van der Waals surface area contributed by atoms with E-state index >= 15 is 0 Å². The summed E-state index contributed by atoms with van der Waals surface area (Å²) >= 11 is 0. The van der Waals surface area contributed by atoms with Gasteiger partial charge in [0.2, 0.25) is 5.91 Å². The molecule has 21 heavy (non-hydrogen) atoms. The fourth-order valence-corrected chi connectivity index (χ4v) is 2.22. The van der Waals surface area contributed by atoms with Crippen LogP contribution in [0.25, 0.3) is 6.08 Å². The number of carbonyl (C=O) groups excluding carboxylic acids is 1. The van der Waals surface area contributed by atoms with Crippen LogP contribution in [-0.4, -0.2) is 22.5 Å². The molecular weight excluding hydrogens is 268 g/mol. The zero-order chi connectivity index (χ0) is 15.5. The minimum absolute atomic E-state index is 0.156. The second-order valence-electron chi connectivity index (χ2n) is 5.41. The zero-order valence-corrected chi connectivity index (χ0v) is 12.1. The Kier molecular flexibility index (Phi) is 4.43. The molecule has 0 aliphatic heterocycles. The number of hydrogen-bond acceptors (Lipinski definition) is 3. The van der Waals surface area contributed by atoms with Gasteiger partial charge in [-0.15, -0.1) is 0 Å². The fourth-order valence-electron chi connectivity index (χ4n) is 2.22. The van der Waals surface area contributed by atoms with Gasteiger partial charge in [-0.2, -0.15) is 0 Å². The number of hydrogen-bond donors (Lipinski definition) is 3. The molecule has 1 fully saturated rings. The van der Waals surface area contributed by atoms with E-state index in [4.69, 9.17) is 10.8 Å². The Bertz CT molecular complexity index is 572. The lowest BCUT2D eigenvalue weighted by atomic mass is 9.77. The highest BCUT2D eigenvalue weighted by atomic mass is 16.4. The van der Waals surface area contributed by atoms with Crippen molar-refractivity contribution in [3.8, 4) is 0 Å². The first kappa shape index (κ1) is 15.3. The van der Waals surface area contributed by atoms with Gasteiger partial charge in [-0.05, 0) is 49.5 Å². The molecule has 0 spiro atoms. The summed E-state index contributed by atoms with van der Waals surface area (Å²) in [6.45, 7) is 1.80. The van der Waals surface area contributed by atoms with Crippen LogP contribution in [0, 0.1) is 0 Å². The number of nitrogens with one attached hydrogen (secondary N) is 1. The number of carboxylic acids is 1. The van der Waals surface area contributed by atoms with Crippen LogP contribution in [0.5, 0.6) is 0 Å². The number of anilines is 1. The average Bonchev–Trinajstić information content (AvgIpc) is 2.43. The molecule has 2 rings (SSSR count). The molecule has 0 bridgehead atoms.